The van der Waals surface area contributed by atoms with Crippen LogP contribution >= 0.6 is 0 Å². The zero-order valence-electron chi connectivity index (χ0n) is 9.49. The molecular weight excluding hydrogens is 231 g/mol. The predicted molar refractivity (Wildman–Crippen MR) is 60.0 cm³/mol. The highest BCUT2D eigenvalue weighted by molar-refractivity contribution is 7.89. The van der Waals surface area contributed by atoms with E-state index in [-0.39, 0.29) is 4.90 Å². The van der Waals surface area contributed by atoms with Crippen LogP contribution in [0, 0.1) is 5.82 Å². The number of halogens is 1. The molecule has 0 amide bonds. The largest absolute Gasteiger partial charge is 0.316 e. The van der Waals surface area contributed by atoms with E-state index >= 15 is 0 Å². The van der Waals surface area contributed by atoms with Crippen LogP contribution in [0.3, 0.4) is 0 Å². The van der Waals surface area contributed by atoms with Crippen LogP contribution in [0.1, 0.15) is 5.56 Å². The van der Waals surface area contributed by atoms with Gasteiger partial charge in [0.1, 0.15) is 10.7 Å². The first-order valence-electron chi connectivity index (χ1n) is 4.75. The lowest BCUT2D eigenvalue weighted by Crippen LogP contribution is -2.23. The smallest absolute Gasteiger partial charge is 0.245 e. The van der Waals surface area contributed by atoms with Gasteiger partial charge in [-0.3, -0.25) is 0 Å². The summed E-state index contributed by atoms with van der Waals surface area (Å²) >= 11 is 0. The van der Waals surface area contributed by atoms with Crippen molar-refractivity contribution in [3.63, 3.8) is 0 Å². The highest BCUT2D eigenvalue weighted by Crippen LogP contribution is 2.18. The minimum absolute atomic E-state index is 0.294. The van der Waals surface area contributed by atoms with E-state index in [1.165, 1.54) is 26.2 Å². The fourth-order valence-corrected chi connectivity index (χ4v) is 2.20. The molecule has 1 aromatic rings. The fourth-order valence-electron chi connectivity index (χ4n) is 1.26. The Morgan fingerprint density at radius 3 is 2.44 bits per heavy atom. The molecule has 0 unspecified atom stereocenters. The molecule has 4 nitrogen and oxygen atoms in total. The van der Waals surface area contributed by atoms with E-state index in [0.29, 0.717) is 12.1 Å². The van der Waals surface area contributed by atoms with Gasteiger partial charge in [0.15, 0.2) is 0 Å². The first-order valence-corrected chi connectivity index (χ1v) is 6.19. The third-order valence-corrected chi connectivity index (χ3v) is 3.98. The number of hydrogen-bond donors (Lipinski definition) is 1. The summed E-state index contributed by atoms with van der Waals surface area (Å²) in [6.07, 6.45) is 0. The minimum atomic E-state index is -3.70. The Hall–Kier alpha value is -0.980. The van der Waals surface area contributed by atoms with Crippen molar-refractivity contribution in [3.05, 3.63) is 29.6 Å². The van der Waals surface area contributed by atoms with Gasteiger partial charge >= 0.3 is 0 Å². The van der Waals surface area contributed by atoms with Crippen LogP contribution in [-0.2, 0) is 16.6 Å². The molecule has 1 aromatic carbocycles. The SMILES string of the molecule is CNCc1ccc(S(=O)(=O)N(C)C)c(F)c1. The average Bonchev–Trinajstić information content (AvgIpc) is 2.17. The lowest BCUT2D eigenvalue weighted by molar-refractivity contribution is 0.507. The first kappa shape index (κ1) is 13.1. The van der Waals surface area contributed by atoms with Crippen molar-refractivity contribution in [1.82, 2.24) is 9.62 Å². The molecule has 0 bridgehead atoms. The van der Waals surface area contributed by atoms with Gasteiger partial charge in [0.05, 0.1) is 0 Å². The predicted octanol–water partition coefficient (Wildman–Crippen LogP) is 0.795. The Morgan fingerprint density at radius 2 is 2.00 bits per heavy atom. The van der Waals surface area contributed by atoms with Crippen LogP contribution in [0.4, 0.5) is 4.39 Å². The monoisotopic (exact) mass is 246 g/mol. The van der Waals surface area contributed by atoms with Crippen LogP contribution in [0.2, 0.25) is 0 Å². The molecule has 1 N–H and O–H groups in total. The van der Waals surface area contributed by atoms with Gasteiger partial charge < -0.3 is 5.32 Å². The minimum Gasteiger partial charge on any atom is -0.316 e. The van der Waals surface area contributed by atoms with Crippen LogP contribution < -0.4 is 5.32 Å². The summed E-state index contributed by atoms with van der Waals surface area (Å²) in [5.41, 5.74) is 0.706. The van der Waals surface area contributed by atoms with E-state index in [2.05, 4.69) is 5.32 Å². The molecular formula is C10H15FN2O2S. The van der Waals surface area contributed by atoms with Crippen molar-refractivity contribution in [2.45, 2.75) is 11.4 Å². The third kappa shape index (κ3) is 2.58. The highest BCUT2D eigenvalue weighted by atomic mass is 32.2. The maximum absolute atomic E-state index is 13.6. The van der Waals surface area contributed by atoms with Gasteiger partial charge in [-0.25, -0.2) is 17.1 Å². The van der Waals surface area contributed by atoms with E-state index in [4.69, 9.17) is 0 Å². The number of hydrogen-bond acceptors (Lipinski definition) is 3. The van der Waals surface area contributed by atoms with Crippen molar-refractivity contribution in [2.75, 3.05) is 21.1 Å². The van der Waals surface area contributed by atoms with Gasteiger partial charge in [0, 0.05) is 20.6 Å². The molecule has 0 aromatic heterocycles. The standard InChI is InChI=1S/C10H15FN2O2S/c1-12-7-8-4-5-10(9(11)6-8)16(14,15)13(2)3/h4-6,12H,7H2,1-3H3. The molecule has 0 spiro atoms. The van der Waals surface area contributed by atoms with E-state index in [1.54, 1.807) is 13.1 Å². The third-order valence-electron chi connectivity index (χ3n) is 2.14. The Labute approximate surface area is 95.1 Å². The quantitative estimate of drug-likeness (QED) is 0.854. The molecule has 6 heteroatoms. The molecule has 1 rings (SSSR count). The zero-order chi connectivity index (χ0) is 12.3. The van der Waals surface area contributed by atoms with Crippen LogP contribution in [0.25, 0.3) is 0 Å². The van der Waals surface area contributed by atoms with Crippen molar-refractivity contribution in [1.29, 1.82) is 0 Å². The average molecular weight is 246 g/mol. The van der Waals surface area contributed by atoms with Gasteiger partial charge in [-0.15, -0.1) is 0 Å². The summed E-state index contributed by atoms with van der Waals surface area (Å²) in [6.45, 7) is 0.499. The molecule has 0 heterocycles. The Balaban J connectivity index is 3.19. The molecule has 0 saturated carbocycles. The molecule has 0 saturated heterocycles. The van der Waals surface area contributed by atoms with Crippen molar-refractivity contribution in [2.24, 2.45) is 0 Å². The summed E-state index contributed by atoms with van der Waals surface area (Å²) < 4.78 is 38.0. The molecule has 0 radical (unpaired) electrons. The summed E-state index contributed by atoms with van der Waals surface area (Å²) in [5, 5.41) is 2.87. The molecule has 90 valence electrons. The van der Waals surface area contributed by atoms with E-state index < -0.39 is 15.8 Å². The zero-order valence-corrected chi connectivity index (χ0v) is 10.3. The van der Waals surface area contributed by atoms with Gasteiger partial charge in [-0.05, 0) is 24.7 Å². The second kappa shape index (κ2) is 4.90. The van der Waals surface area contributed by atoms with E-state index in [9.17, 15) is 12.8 Å². The van der Waals surface area contributed by atoms with Crippen LogP contribution in [0.15, 0.2) is 23.1 Å². The number of benzene rings is 1. The number of sulfonamides is 1. The summed E-state index contributed by atoms with van der Waals surface area (Å²) in [6, 6.07) is 4.11. The van der Waals surface area contributed by atoms with E-state index in [1.807, 2.05) is 0 Å². The van der Waals surface area contributed by atoms with Gasteiger partial charge in [-0.1, -0.05) is 6.07 Å². The lowest BCUT2D eigenvalue weighted by atomic mass is 10.2. The van der Waals surface area contributed by atoms with Crippen LogP contribution in [-0.4, -0.2) is 33.9 Å². The van der Waals surface area contributed by atoms with Gasteiger partial charge in [0.25, 0.3) is 0 Å². The molecule has 0 fully saturated rings. The Kier molecular flexibility index (Phi) is 4.01. The second-order valence-electron chi connectivity index (χ2n) is 3.58. The first-order chi connectivity index (χ1) is 7.39. The van der Waals surface area contributed by atoms with Crippen molar-refractivity contribution in [3.8, 4) is 0 Å². The Morgan fingerprint density at radius 1 is 1.38 bits per heavy atom. The molecule has 0 aliphatic heterocycles. The number of nitrogens with one attached hydrogen (secondary N) is 1. The fraction of sp³-hybridized carbons (Fsp3) is 0.400. The highest BCUT2D eigenvalue weighted by Gasteiger charge is 2.21. The normalized spacial score (nSPS) is 12.1. The van der Waals surface area contributed by atoms with Gasteiger partial charge in [0.2, 0.25) is 10.0 Å². The summed E-state index contributed by atoms with van der Waals surface area (Å²) in [4.78, 5) is -0.294. The summed E-state index contributed by atoms with van der Waals surface area (Å²) in [5.74, 6) is -0.721. The topological polar surface area (TPSA) is 49.4 Å². The number of nitrogens with zero attached hydrogens (tertiary/aromatic N) is 1. The molecule has 0 atom stereocenters. The lowest BCUT2D eigenvalue weighted by Gasteiger charge is -2.12. The molecule has 0 aliphatic rings. The van der Waals surface area contributed by atoms with E-state index in [0.717, 1.165) is 4.31 Å². The maximum Gasteiger partial charge on any atom is 0.245 e. The van der Waals surface area contributed by atoms with Crippen molar-refractivity contribution >= 4 is 10.0 Å². The maximum atomic E-state index is 13.6. The van der Waals surface area contributed by atoms with Gasteiger partial charge in [-0.2, -0.15) is 0 Å². The van der Waals surface area contributed by atoms with Crippen LogP contribution in [0.5, 0.6) is 0 Å². The second-order valence-corrected chi connectivity index (χ2v) is 5.70. The summed E-state index contributed by atoms with van der Waals surface area (Å²) in [7, 11) is 0.780. The number of rotatable bonds is 4. The Bertz CT molecular complexity index is 472. The molecule has 16 heavy (non-hydrogen) atoms. The van der Waals surface area contributed by atoms with Crippen molar-refractivity contribution < 1.29 is 12.8 Å². The molecule has 0 aliphatic carbocycles.